The fourth-order valence-electron chi connectivity index (χ4n) is 0.768. The summed E-state index contributed by atoms with van der Waals surface area (Å²) in [5.41, 5.74) is 4.67. The third-order valence-electron chi connectivity index (χ3n) is 1.30. The highest BCUT2D eigenvalue weighted by molar-refractivity contribution is 6.02. The molecular formula is C7H8N2O4. The van der Waals surface area contributed by atoms with Crippen molar-refractivity contribution in [2.75, 3.05) is 6.61 Å². The van der Waals surface area contributed by atoms with E-state index in [-0.39, 0.29) is 17.9 Å². The van der Waals surface area contributed by atoms with E-state index in [1.165, 1.54) is 0 Å². The molecule has 0 aliphatic carbocycles. The van der Waals surface area contributed by atoms with E-state index in [4.69, 9.17) is 5.73 Å². The molecule has 6 heteroatoms. The van der Waals surface area contributed by atoms with Crippen molar-refractivity contribution in [1.82, 2.24) is 5.16 Å². The minimum atomic E-state index is -0.822. The van der Waals surface area contributed by atoms with Crippen molar-refractivity contribution in [3.63, 3.8) is 0 Å². The van der Waals surface area contributed by atoms with E-state index < -0.39 is 11.9 Å². The Labute approximate surface area is 73.6 Å². The van der Waals surface area contributed by atoms with Crippen LogP contribution in [0.25, 0.3) is 0 Å². The van der Waals surface area contributed by atoms with Crippen molar-refractivity contribution in [1.29, 1.82) is 0 Å². The summed E-state index contributed by atoms with van der Waals surface area (Å²) in [6.45, 7) is 1.86. The van der Waals surface area contributed by atoms with Crippen LogP contribution in [-0.2, 0) is 4.74 Å². The molecule has 0 unspecified atom stereocenters. The van der Waals surface area contributed by atoms with Crippen LogP contribution in [0.3, 0.4) is 0 Å². The maximum absolute atomic E-state index is 11.1. The SMILES string of the molecule is CCOC(=O)c1conc1C(N)=O. The second kappa shape index (κ2) is 3.70. The van der Waals surface area contributed by atoms with E-state index in [9.17, 15) is 9.59 Å². The van der Waals surface area contributed by atoms with Gasteiger partial charge in [-0.2, -0.15) is 0 Å². The molecule has 0 aromatic carbocycles. The predicted molar refractivity (Wildman–Crippen MR) is 41.0 cm³/mol. The van der Waals surface area contributed by atoms with Gasteiger partial charge in [-0.05, 0) is 6.92 Å². The molecule has 0 aliphatic heterocycles. The van der Waals surface area contributed by atoms with Crippen LogP contribution in [0.4, 0.5) is 0 Å². The normalized spacial score (nSPS) is 9.62. The third-order valence-corrected chi connectivity index (χ3v) is 1.30. The summed E-state index contributed by atoms with van der Waals surface area (Å²) >= 11 is 0. The minimum Gasteiger partial charge on any atom is -0.462 e. The number of nitrogens with zero attached hydrogens (tertiary/aromatic N) is 1. The standard InChI is InChI=1S/C7H8N2O4/c1-2-12-7(11)4-3-13-9-5(4)6(8)10/h3H,2H2,1H3,(H2,8,10). The summed E-state index contributed by atoms with van der Waals surface area (Å²) in [4.78, 5) is 21.8. The Morgan fingerprint density at radius 2 is 2.38 bits per heavy atom. The fraction of sp³-hybridized carbons (Fsp3) is 0.286. The van der Waals surface area contributed by atoms with Gasteiger partial charge in [-0.1, -0.05) is 5.16 Å². The molecule has 1 rings (SSSR count). The molecule has 1 amide bonds. The number of carbonyl (C=O) groups excluding carboxylic acids is 2. The van der Waals surface area contributed by atoms with Crippen LogP contribution in [0.2, 0.25) is 0 Å². The van der Waals surface area contributed by atoms with Gasteiger partial charge < -0.3 is 15.0 Å². The first-order chi connectivity index (χ1) is 6.16. The Morgan fingerprint density at radius 1 is 1.69 bits per heavy atom. The van der Waals surface area contributed by atoms with Crippen LogP contribution in [0, 0.1) is 0 Å². The molecule has 0 fully saturated rings. The molecule has 13 heavy (non-hydrogen) atoms. The number of nitrogens with two attached hydrogens (primary N) is 1. The van der Waals surface area contributed by atoms with Crippen LogP contribution in [0.15, 0.2) is 10.8 Å². The number of hydrogen-bond acceptors (Lipinski definition) is 5. The molecule has 1 heterocycles. The average Bonchev–Trinajstić information content (AvgIpc) is 2.52. The lowest BCUT2D eigenvalue weighted by atomic mass is 10.2. The lowest BCUT2D eigenvalue weighted by molar-refractivity contribution is 0.0522. The summed E-state index contributed by atoms with van der Waals surface area (Å²) in [5, 5.41) is 3.27. The van der Waals surface area contributed by atoms with E-state index >= 15 is 0 Å². The van der Waals surface area contributed by atoms with Crippen molar-refractivity contribution in [3.05, 3.63) is 17.5 Å². The monoisotopic (exact) mass is 184 g/mol. The molecule has 0 radical (unpaired) electrons. The lowest BCUT2D eigenvalue weighted by Crippen LogP contribution is -2.16. The molecule has 0 spiro atoms. The molecule has 70 valence electrons. The van der Waals surface area contributed by atoms with Crippen LogP contribution in [0.5, 0.6) is 0 Å². The summed E-state index contributed by atoms with van der Waals surface area (Å²) in [6.07, 6.45) is 1.03. The van der Waals surface area contributed by atoms with Gasteiger partial charge in [0.05, 0.1) is 6.61 Å². The van der Waals surface area contributed by atoms with Gasteiger partial charge in [0.25, 0.3) is 5.91 Å². The Kier molecular flexibility index (Phi) is 2.63. The van der Waals surface area contributed by atoms with Gasteiger partial charge in [0.15, 0.2) is 5.69 Å². The number of aromatic nitrogens is 1. The average molecular weight is 184 g/mol. The van der Waals surface area contributed by atoms with Crippen molar-refractivity contribution in [2.45, 2.75) is 6.92 Å². The number of primary amides is 1. The number of hydrogen-bond donors (Lipinski definition) is 1. The van der Waals surface area contributed by atoms with E-state index in [0.717, 1.165) is 6.26 Å². The number of rotatable bonds is 3. The van der Waals surface area contributed by atoms with E-state index in [2.05, 4.69) is 14.4 Å². The highest BCUT2D eigenvalue weighted by Crippen LogP contribution is 2.07. The van der Waals surface area contributed by atoms with Crippen molar-refractivity contribution in [2.24, 2.45) is 5.73 Å². The smallest absolute Gasteiger partial charge is 0.343 e. The Hall–Kier alpha value is -1.85. The molecule has 1 aromatic rings. The predicted octanol–water partition coefficient (Wildman–Crippen LogP) is -0.0498. The summed E-state index contributed by atoms with van der Waals surface area (Å²) in [5.74, 6) is -1.49. The number of amides is 1. The topological polar surface area (TPSA) is 95.4 Å². The molecular weight excluding hydrogens is 176 g/mol. The maximum atomic E-state index is 11.1. The number of esters is 1. The summed E-state index contributed by atoms with van der Waals surface area (Å²) in [7, 11) is 0. The molecule has 0 saturated carbocycles. The van der Waals surface area contributed by atoms with E-state index in [1.54, 1.807) is 6.92 Å². The molecule has 0 atom stereocenters. The van der Waals surface area contributed by atoms with Gasteiger partial charge >= 0.3 is 5.97 Å². The zero-order chi connectivity index (χ0) is 9.84. The quantitative estimate of drug-likeness (QED) is 0.664. The molecule has 0 aliphatic rings. The Bertz CT molecular complexity index is 331. The first-order valence-corrected chi connectivity index (χ1v) is 3.58. The molecule has 6 nitrogen and oxygen atoms in total. The van der Waals surface area contributed by atoms with Crippen molar-refractivity contribution >= 4 is 11.9 Å². The van der Waals surface area contributed by atoms with Crippen LogP contribution in [0.1, 0.15) is 27.8 Å². The maximum Gasteiger partial charge on any atom is 0.343 e. The molecule has 1 aromatic heterocycles. The molecule has 2 N–H and O–H groups in total. The largest absolute Gasteiger partial charge is 0.462 e. The number of ether oxygens (including phenoxy) is 1. The van der Waals surface area contributed by atoms with Gasteiger partial charge in [0.1, 0.15) is 11.8 Å². The van der Waals surface area contributed by atoms with Crippen LogP contribution < -0.4 is 5.73 Å². The van der Waals surface area contributed by atoms with E-state index in [0.29, 0.717) is 0 Å². The second-order valence-electron chi connectivity index (χ2n) is 2.16. The highest BCUT2D eigenvalue weighted by atomic mass is 16.5. The Morgan fingerprint density at radius 3 is 2.92 bits per heavy atom. The van der Waals surface area contributed by atoms with Gasteiger partial charge in [0.2, 0.25) is 0 Å². The van der Waals surface area contributed by atoms with Gasteiger partial charge in [0, 0.05) is 0 Å². The first-order valence-electron chi connectivity index (χ1n) is 3.58. The molecule has 0 saturated heterocycles. The third kappa shape index (κ3) is 1.84. The van der Waals surface area contributed by atoms with Gasteiger partial charge in [-0.15, -0.1) is 0 Å². The number of carbonyl (C=O) groups is 2. The van der Waals surface area contributed by atoms with Crippen molar-refractivity contribution in [3.8, 4) is 0 Å². The Balaban J connectivity index is 2.93. The minimum absolute atomic E-state index is 0.0469. The zero-order valence-corrected chi connectivity index (χ0v) is 6.94. The van der Waals surface area contributed by atoms with Crippen LogP contribution >= 0.6 is 0 Å². The highest BCUT2D eigenvalue weighted by Gasteiger charge is 2.20. The van der Waals surface area contributed by atoms with Gasteiger partial charge in [-0.25, -0.2) is 4.79 Å². The fourth-order valence-corrected chi connectivity index (χ4v) is 0.768. The molecule has 0 bridgehead atoms. The van der Waals surface area contributed by atoms with Crippen LogP contribution in [-0.4, -0.2) is 23.6 Å². The lowest BCUT2D eigenvalue weighted by Gasteiger charge is -1.97. The van der Waals surface area contributed by atoms with E-state index in [1.807, 2.05) is 0 Å². The second-order valence-corrected chi connectivity index (χ2v) is 2.16. The first kappa shape index (κ1) is 9.24. The zero-order valence-electron chi connectivity index (χ0n) is 6.94. The van der Waals surface area contributed by atoms with Crippen molar-refractivity contribution < 1.29 is 18.8 Å². The summed E-state index contributed by atoms with van der Waals surface area (Å²) < 4.78 is 9.05. The van der Waals surface area contributed by atoms with Gasteiger partial charge in [-0.3, -0.25) is 4.79 Å². The summed E-state index contributed by atoms with van der Waals surface area (Å²) in [6, 6.07) is 0.